The van der Waals surface area contributed by atoms with Gasteiger partial charge in [-0.15, -0.1) is 10.2 Å². The summed E-state index contributed by atoms with van der Waals surface area (Å²) in [5.74, 6) is 0.00901. The molecule has 0 atom stereocenters. The number of anilines is 1. The summed E-state index contributed by atoms with van der Waals surface area (Å²) in [6.07, 6.45) is 1.67. The molecule has 3 rings (SSSR count). The number of hydrogen-bond acceptors (Lipinski definition) is 5. The molecule has 0 saturated carbocycles. The first-order valence-corrected chi connectivity index (χ1v) is 9.06. The van der Waals surface area contributed by atoms with E-state index in [1.165, 1.54) is 11.3 Å². The molecular formula is C17H21N5O2S. The first-order chi connectivity index (χ1) is 12.1. The minimum atomic E-state index is -0.240. The van der Waals surface area contributed by atoms with Gasteiger partial charge < -0.3 is 15.5 Å². The zero-order chi connectivity index (χ0) is 17.8. The first-order valence-electron chi connectivity index (χ1n) is 8.25. The van der Waals surface area contributed by atoms with Crippen molar-refractivity contribution < 1.29 is 9.59 Å². The normalized spacial score (nSPS) is 15.0. The molecule has 3 amide bonds. The standard InChI is InChI=1S/C17H21N5O2S/c1-11-3-5-13(6-4-11)19-14(23)16-21-20-15(25-16)12-7-9-22(10-8-12)17(24)18-2/h3-6,12H,7-10H2,1-2H3,(H,18,24)(H,19,23). The van der Waals surface area contributed by atoms with Crippen LogP contribution in [0, 0.1) is 6.92 Å². The molecular weight excluding hydrogens is 338 g/mol. The number of rotatable bonds is 3. The Morgan fingerprint density at radius 1 is 1.16 bits per heavy atom. The third-order valence-electron chi connectivity index (χ3n) is 4.29. The maximum Gasteiger partial charge on any atom is 0.317 e. The number of benzene rings is 1. The monoisotopic (exact) mass is 359 g/mol. The summed E-state index contributed by atoms with van der Waals surface area (Å²) in [5, 5.41) is 14.9. The summed E-state index contributed by atoms with van der Waals surface area (Å²) >= 11 is 1.33. The molecule has 25 heavy (non-hydrogen) atoms. The molecule has 1 aromatic heterocycles. The number of aromatic nitrogens is 2. The molecule has 2 heterocycles. The molecule has 7 nitrogen and oxygen atoms in total. The molecule has 1 aliphatic heterocycles. The Labute approximate surface area is 150 Å². The first kappa shape index (κ1) is 17.3. The van der Waals surface area contributed by atoms with E-state index >= 15 is 0 Å². The number of nitrogens with zero attached hydrogens (tertiary/aromatic N) is 3. The molecule has 0 bridgehead atoms. The number of piperidine rings is 1. The molecule has 1 aromatic carbocycles. The molecule has 0 radical (unpaired) electrons. The van der Waals surface area contributed by atoms with Crippen LogP contribution in [0.2, 0.25) is 0 Å². The van der Waals surface area contributed by atoms with Gasteiger partial charge in [0.2, 0.25) is 5.01 Å². The van der Waals surface area contributed by atoms with Gasteiger partial charge in [0, 0.05) is 31.7 Å². The number of urea groups is 1. The van der Waals surface area contributed by atoms with Gasteiger partial charge in [0.15, 0.2) is 0 Å². The van der Waals surface area contributed by atoms with Crippen LogP contribution in [-0.2, 0) is 0 Å². The van der Waals surface area contributed by atoms with E-state index in [1.807, 2.05) is 31.2 Å². The second kappa shape index (κ2) is 7.60. The van der Waals surface area contributed by atoms with Crippen molar-refractivity contribution >= 4 is 29.0 Å². The third-order valence-corrected chi connectivity index (χ3v) is 5.37. The molecule has 1 aliphatic rings. The zero-order valence-electron chi connectivity index (χ0n) is 14.3. The summed E-state index contributed by atoms with van der Waals surface area (Å²) in [5.41, 5.74) is 1.88. The molecule has 0 spiro atoms. The predicted octanol–water partition coefficient (Wildman–Crippen LogP) is 2.62. The molecule has 2 N–H and O–H groups in total. The summed E-state index contributed by atoms with van der Waals surface area (Å²) < 4.78 is 0. The smallest absolute Gasteiger partial charge is 0.317 e. The molecule has 1 saturated heterocycles. The van der Waals surface area contributed by atoms with Crippen LogP contribution < -0.4 is 10.6 Å². The number of likely N-dealkylation sites (tertiary alicyclic amines) is 1. The second-order valence-electron chi connectivity index (χ2n) is 6.08. The largest absolute Gasteiger partial charge is 0.341 e. The predicted molar refractivity (Wildman–Crippen MR) is 97.0 cm³/mol. The average Bonchev–Trinajstić information content (AvgIpc) is 3.13. The lowest BCUT2D eigenvalue weighted by Gasteiger charge is -2.30. The number of carbonyl (C=O) groups excluding carboxylic acids is 2. The third kappa shape index (κ3) is 4.14. The minimum absolute atomic E-state index is 0.0473. The fraction of sp³-hybridized carbons (Fsp3) is 0.412. The summed E-state index contributed by atoms with van der Waals surface area (Å²) in [7, 11) is 1.64. The van der Waals surface area contributed by atoms with Crippen LogP contribution in [0.1, 0.15) is 39.1 Å². The minimum Gasteiger partial charge on any atom is -0.341 e. The highest BCUT2D eigenvalue weighted by Crippen LogP contribution is 2.30. The summed E-state index contributed by atoms with van der Waals surface area (Å²) in [4.78, 5) is 25.7. The highest BCUT2D eigenvalue weighted by Gasteiger charge is 2.26. The lowest BCUT2D eigenvalue weighted by molar-refractivity contribution is 0.102. The van der Waals surface area contributed by atoms with E-state index in [4.69, 9.17) is 0 Å². The van der Waals surface area contributed by atoms with Crippen molar-refractivity contribution in [1.82, 2.24) is 20.4 Å². The van der Waals surface area contributed by atoms with Crippen molar-refractivity contribution in [2.45, 2.75) is 25.7 Å². The Morgan fingerprint density at radius 2 is 1.84 bits per heavy atom. The maximum atomic E-state index is 12.3. The van der Waals surface area contributed by atoms with Crippen LogP contribution in [0.15, 0.2) is 24.3 Å². The topological polar surface area (TPSA) is 87.2 Å². The van der Waals surface area contributed by atoms with Gasteiger partial charge in [-0.25, -0.2) is 4.79 Å². The lowest BCUT2D eigenvalue weighted by atomic mass is 9.98. The van der Waals surface area contributed by atoms with Gasteiger partial charge in [0.25, 0.3) is 5.91 Å². The van der Waals surface area contributed by atoms with Crippen LogP contribution in [0.25, 0.3) is 0 Å². The van der Waals surface area contributed by atoms with Gasteiger partial charge in [-0.2, -0.15) is 0 Å². The van der Waals surface area contributed by atoms with Crippen molar-refractivity contribution in [3.8, 4) is 0 Å². The summed E-state index contributed by atoms with van der Waals surface area (Å²) in [6.45, 7) is 3.38. The second-order valence-corrected chi connectivity index (χ2v) is 7.09. The van der Waals surface area contributed by atoms with Crippen molar-refractivity contribution in [1.29, 1.82) is 0 Å². The van der Waals surface area contributed by atoms with Crippen molar-refractivity contribution in [3.05, 3.63) is 39.8 Å². The van der Waals surface area contributed by atoms with E-state index < -0.39 is 0 Å². The van der Waals surface area contributed by atoms with E-state index in [9.17, 15) is 9.59 Å². The quantitative estimate of drug-likeness (QED) is 0.882. The molecule has 2 aromatic rings. The Balaban J connectivity index is 1.60. The maximum absolute atomic E-state index is 12.3. The number of nitrogens with one attached hydrogen (secondary N) is 2. The summed E-state index contributed by atoms with van der Waals surface area (Å²) in [6, 6.07) is 7.57. The Kier molecular flexibility index (Phi) is 5.28. The number of carbonyl (C=O) groups is 2. The van der Waals surface area contributed by atoms with Crippen LogP contribution in [0.5, 0.6) is 0 Å². The molecule has 8 heteroatoms. The van der Waals surface area contributed by atoms with Gasteiger partial charge in [0.05, 0.1) is 0 Å². The fourth-order valence-corrected chi connectivity index (χ4v) is 3.71. The van der Waals surface area contributed by atoms with Gasteiger partial charge in [-0.1, -0.05) is 29.0 Å². The molecule has 132 valence electrons. The van der Waals surface area contributed by atoms with Crippen LogP contribution in [0.3, 0.4) is 0 Å². The van der Waals surface area contributed by atoms with Gasteiger partial charge in [0.1, 0.15) is 5.01 Å². The highest BCUT2D eigenvalue weighted by molar-refractivity contribution is 7.13. The number of aryl methyl sites for hydroxylation is 1. The lowest BCUT2D eigenvalue weighted by Crippen LogP contribution is -2.42. The van der Waals surface area contributed by atoms with E-state index in [0.29, 0.717) is 18.1 Å². The van der Waals surface area contributed by atoms with Gasteiger partial charge >= 0.3 is 6.03 Å². The zero-order valence-corrected chi connectivity index (χ0v) is 15.1. The van der Waals surface area contributed by atoms with Crippen molar-refractivity contribution in [2.24, 2.45) is 0 Å². The van der Waals surface area contributed by atoms with Crippen molar-refractivity contribution in [3.63, 3.8) is 0 Å². The Bertz CT molecular complexity index is 751. The molecule has 1 fully saturated rings. The number of amides is 3. The fourth-order valence-electron chi connectivity index (χ4n) is 2.80. The van der Waals surface area contributed by atoms with Crippen molar-refractivity contribution in [2.75, 3.05) is 25.5 Å². The van der Waals surface area contributed by atoms with Crippen LogP contribution in [0.4, 0.5) is 10.5 Å². The van der Waals surface area contributed by atoms with Crippen LogP contribution >= 0.6 is 11.3 Å². The number of hydrogen-bond donors (Lipinski definition) is 2. The SMILES string of the molecule is CNC(=O)N1CCC(c2nnc(C(=O)Nc3ccc(C)cc3)s2)CC1. The average molecular weight is 359 g/mol. The van der Waals surface area contributed by atoms with E-state index in [-0.39, 0.29) is 17.9 Å². The van der Waals surface area contributed by atoms with E-state index in [0.717, 1.165) is 29.1 Å². The Hall–Kier alpha value is -2.48. The Morgan fingerprint density at radius 3 is 2.48 bits per heavy atom. The van der Waals surface area contributed by atoms with E-state index in [2.05, 4.69) is 20.8 Å². The highest BCUT2D eigenvalue weighted by atomic mass is 32.1. The molecule has 0 unspecified atom stereocenters. The van der Waals surface area contributed by atoms with Crippen LogP contribution in [-0.4, -0.2) is 47.2 Å². The van der Waals surface area contributed by atoms with Gasteiger partial charge in [-0.05, 0) is 31.9 Å². The van der Waals surface area contributed by atoms with Gasteiger partial charge in [-0.3, -0.25) is 4.79 Å². The molecule has 0 aliphatic carbocycles. The van der Waals surface area contributed by atoms with E-state index in [1.54, 1.807) is 11.9 Å².